The molecule has 0 aliphatic rings. The van der Waals surface area contributed by atoms with Crippen LogP contribution in [0.2, 0.25) is 0 Å². The van der Waals surface area contributed by atoms with Crippen molar-refractivity contribution in [1.82, 2.24) is 0 Å². The molecule has 0 aromatic heterocycles. The number of rotatable bonds is 7. The number of ether oxygens (including phenoxy) is 1. The fraction of sp³-hybridized carbons (Fsp3) is 0.238. The topological polar surface area (TPSA) is 43.4 Å². The third-order valence-electron chi connectivity index (χ3n) is 3.73. The van der Waals surface area contributed by atoms with Gasteiger partial charge in [-0.3, -0.25) is 4.79 Å². The molecule has 0 aliphatic carbocycles. The zero-order valence-electron chi connectivity index (χ0n) is 14.1. The molecule has 3 nitrogen and oxygen atoms in total. The summed E-state index contributed by atoms with van der Waals surface area (Å²) < 4.78 is 5.12. The van der Waals surface area contributed by atoms with Crippen molar-refractivity contribution in [2.45, 2.75) is 26.7 Å². The molecule has 2 aromatic carbocycles. The molecule has 0 amide bonds. The van der Waals surface area contributed by atoms with E-state index in [9.17, 15) is 9.59 Å². The first-order valence-corrected chi connectivity index (χ1v) is 8.17. The molecule has 2 aromatic rings. The highest BCUT2D eigenvalue weighted by Crippen LogP contribution is 2.20. The van der Waals surface area contributed by atoms with E-state index in [2.05, 4.69) is 0 Å². The van der Waals surface area contributed by atoms with Crippen molar-refractivity contribution in [1.29, 1.82) is 0 Å². The number of aryl methyl sites for hydroxylation is 1. The molecule has 0 saturated carbocycles. The first kappa shape index (κ1) is 17.7. The lowest BCUT2D eigenvalue weighted by Gasteiger charge is -2.08. The summed E-state index contributed by atoms with van der Waals surface area (Å²) in [4.78, 5) is 24.5. The lowest BCUT2D eigenvalue weighted by atomic mass is 9.95. The smallest absolute Gasteiger partial charge is 0.330 e. The van der Waals surface area contributed by atoms with E-state index < -0.39 is 0 Å². The Balaban J connectivity index is 2.24. The minimum atomic E-state index is -0.384. The van der Waals surface area contributed by atoms with Gasteiger partial charge in [-0.25, -0.2) is 4.79 Å². The van der Waals surface area contributed by atoms with Gasteiger partial charge >= 0.3 is 5.97 Å². The van der Waals surface area contributed by atoms with Gasteiger partial charge in [0.25, 0.3) is 0 Å². The standard InChI is InChI=1S/C21H22O3/c1-3-4-15-24-20(22)14-13-18-16(2)9-8-12-19(18)21(23)17-10-6-5-7-11-17/h5-14H,3-4,15H2,1-2H3/b14-13+. The maximum absolute atomic E-state index is 12.7. The van der Waals surface area contributed by atoms with Crippen LogP contribution in [0.1, 0.15) is 46.8 Å². The van der Waals surface area contributed by atoms with Crippen molar-refractivity contribution in [3.8, 4) is 0 Å². The molecule has 24 heavy (non-hydrogen) atoms. The van der Waals surface area contributed by atoms with Crippen molar-refractivity contribution in [2.75, 3.05) is 6.61 Å². The van der Waals surface area contributed by atoms with Crippen LogP contribution in [0.25, 0.3) is 6.08 Å². The second-order valence-corrected chi connectivity index (χ2v) is 5.59. The maximum Gasteiger partial charge on any atom is 0.330 e. The summed E-state index contributed by atoms with van der Waals surface area (Å²) in [5.41, 5.74) is 2.90. The van der Waals surface area contributed by atoms with E-state index in [4.69, 9.17) is 4.74 Å². The summed E-state index contributed by atoms with van der Waals surface area (Å²) in [6.07, 6.45) is 4.88. The van der Waals surface area contributed by atoms with Crippen LogP contribution in [-0.2, 0) is 9.53 Å². The van der Waals surface area contributed by atoms with E-state index in [0.29, 0.717) is 17.7 Å². The Kier molecular flexibility index (Phi) is 6.50. The largest absolute Gasteiger partial charge is 0.463 e. The number of esters is 1. The number of benzene rings is 2. The Morgan fingerprint density at radius 2 is 1.79 bits per heavy atom. The van der Waals surface area contributed by atoms with Crippen LogP contribution in [0.3, 0.4) is 0 Å². The highest BCUT2D eigenvalue weighted by molar-refractivity contribution is 6.11. The summed E-state index contributed by atoms with van der Waals surface area (Å²) in [5, 5.41) is 0. The van der Waals surface area contributed by atoms with Crippen molar-refractivity contribution in [3.05, 3.63) is 76.9 Å². The molecule has 0 atom stereocenters. The zero-order chi connectivity index (χ0) is 17.4. The van der Waals surface area contributed by atoms with Gasteiger partial charge in [0.05, 0.1) is 6.61 Å². The normalized spacial score (nSPS) is 10.8. The minimum Gasteiger partial charge on any atom is -0.463 e. The number of carbonyl (C=O) groups is 2. The SMILES string of the molecule is CCCCOC(=O)/C=C/c1c(C)cccc1C(=O)c1ccccc1. The number of hydrogen-bond donors (Lipinski definition) is 0. The zero-order valence-corrected chi connectivity index (χ0v) is 14.1. The van der Waals surface area contributed by atoms with Gasteiger partial charge in [0.1, 0.15) is 0 Å². The van der Waals surface area contributed by atoms with Gasteiger partial charge in [-0.15, -0.1) is 0 Å². The molecule has 0 heterocycles. The van der Waals surface area contributed by atoms with Gasteiger partial charge in [0, 0.05) is 17.2 Å². The Hall–Kier alpha value is -2.68. The second kappa shape index (κ2) is 8.82. The van der Waals surface area contributed by atoms with Gasteiger partial charge in [-0.2, -0.15) is 0 Å². The Labute approximate surface area is 143 Å². The first-order chi connectivity index (χ1) is 11.6. The summed E-state index contributed by atoms with van der Waals surface area (Å²) in [6, 6.07) is 14.7. The number of unbranched alkanes of at least 4 members (excludes halogenated alkanes) is 1. The van der Waals surface area contributed by atoms with Crippen molar-refractivity contribution in [2.24, 2.45) is 0 Å². The van der Waals surface area contributed by atoms with Crippen LogP contribution in [0.4, 0.5) is 0 Å². The first-order valence-electron chi connectivity index (χ1n) is 8.17. The Morgan fingerprint density at radius 1 is 1.04 bits per heavy atom. The Morgan fingerprint density at radius 3 is 2.50 bits per heavy atom. The summed E-state index contributed by atoms with van der Waals surface area (Å²) in [7, 11) is 0. The van der Waals surface area contributed by atoms with Crippen molar-refractivity contribution in [3.63, 3.8) is 0 Å². The van der Waals surface area contributed by atoms with Crippen molar-refractivity contribution < 1.29 is 14.3 Å². The average molecular weight is 322 g/mol. The van der Waals surface area contributed by atoms with E-state index in [-0.39, 0.29) is 11.8 Å². The monoisotopic (exact) mass is 322 g/mol. The number of ketones is 1. The predicted molar refractivity (Wildman–Crippen MR) is 96.0 cm³/mol. The van der Waals surface area contributed by atoms with E-state index in [1.807, 2.05) is 44.2 Å². The van der Waals surface area contributed by atoms with E-state index >= 15 is 0 Å². The fourth-order valence-corrected chi connectivity index (χ4v) is 2.36. The van der Waals surface area contributed by atoms with Gasteiger partial charge in [0.2, 0.25) is 0 Å². The molecule has 0 radical (unpaired) electrons. The molecule has 0 bridgehead atoms. The highest BCUT2D eigenvalue weighted by Gasteiger charge is 2.13. The fourth-order valence-electron chi connectivity index (χ4n) is 2.36. The third-order valence-corrected chi connectivity index (χ3v) is 3.73. The summed E-state index contributed by atoms with van der Waals surface area (Å²) in [6.45, 7) is 4.38. The average Bonchev–Trinajstić information content (AvgIpc) is 2.61. The molecule has 124 valence electrons. The van der Waals surface area contributed by atoms with E-state index in [0.717, 1.165) is 24.0 Å². The molecule has 0 fully saturated rings. The molecule has 0 spiro atoms. The van der Waals surface area contributed by atoms with Crippen molar-refractivity contribution >= 4 is 17.8 Å². The molecule has 0 unspecified atom stereocenters. The third kappa shape index (κ3) is 4.66. The predicted octanol–water partition coefficient (Wildman–Crippen LogP) is 4.58. The highest BCUT2D eigenvalue weighted by atomic mass is 16.5. The summed E-state index contributed by atoms with van der Waals surface area (Å²) >= 11 is 0. The molecular weight excluding hydrogens is 300 g/mol. The Bertz CT molecular complexity index is 730. The molecule has 2 rings (SSSR count). The summed E-state index contributed by atoms with van der Waals surface area (Å²) in [5.74, 6) is -0.442. The van der Waals surface area contributed by atoms with Crippen LogP contribution >= 0.6 is 0 Å². The van der Waals surface area contributed by atoms with Gasteiger partial charge in [-0.1, -0.05) is 61.9 Å². The second-order valence-electron chi connectivity index (χ2n) is 5.59. The van der Waals surface area contributed by atoms with Crippen LogP contribution in [0, 0.1) is 6.92 Å². The number of hydrogen-bond acceptors (Lipinski definition) is 3. The van der Waals surface area contributed by atoms with Crippen LogP contribution < -0.4 is 0 Å². The van der Waals surface area contributed by atoms with Gasteiger partial charge in [0.15, 0.2) is 5.78 Å². The molecule has 0 saturated heterocycles. The molecule has 0 aliphatic heterocycles. The quantitative estimate of drug-likeness (QED) is 0.324. The lowest BCUT2D eigenvalue weighted by molar-refractivity contribution is -0.137. The van der Waals surface area contributed by atoms with E-state index in [1.54, 1.807) is 24.3 Å². The van der Waals surface area contributed by atoms with Crippen LogP contribution in [0.15, 0.2) is 54.6 Å². The van der Waals surface area contributed by atoms with E-state index in [1.165, 1.54) is 6.08 Å². The molecule has 3 heteroatoms. The van der Waals surface area contributed by atoms with Crippen LogP contribution in [-0.4, -0.2) is 18.4 Å². The van der Waals surface area contributed by atoms with Gasteiger partial charge in [-0.05, 0) is 30.5 Å². The number of carbonyl (C=O) groups excluding carboxylic acids is 2. The van der Waals surface area contributed by atoms with Crippen LogP contribution in [0.5, 0.6) is 0 Å². The molecular formula is C21H22O3. The minimum absolute atomic E-state index is 0.0571. The lowest BCUT2D eigenvalue weighted by Crippen LogP contribution is -2.05. The molecule has 0 N–H and O–H groups in total. The maximum atomic E-state index is 12.7. The van der Waals surface area contributed by atoms with Gasteiger partial charge < -0.3 is 4.74 Å².